The van der Waals surface area contributed by atoms with Crippen LogP contribution in [0.15, 0.2) is 12.3 Å². The maximum atomic E-state index is 5.93. The number of nitrogens with one attached hydrogen (secondary N) is 1. The van der Waals surface area contributed by atoms with Gasteiger partial charge in [-0.1, -0.05) is 6.92 Å². The maximum Gasteiger partial charge on any atom is 0.125 e. The smallest absolute Gasteiger partial charge is 0.125 e. The fourth-order valence-corrected chi connectivity index (χ4v) is 1.31. The first-order valence-corrected chi connectivity index (χ1v) is 4.59. The molecular weight excluding hydrogens is 162 g/mol. The average Bonchev–Trinajstić information content (AvgIpc) is 2.16. The molecule has 0 aromatic carbocycles. The van der Waals surface area contributed by atoms with Crippen LogP contribution in [0, 0.1) is 6.92 Å². The standard InChI is InChI=1S/C10H17N3/c1-4-9(11)8-6-13-10(12-3)5-7(8)2/h5-6,9H,4,11H2,1-3H3,(H,12,13). The number of hydrogen-bond acceptors (Lipinski definition) is 3. The number of hydrogen-bond donors (Lipinski definition) is 2. The van der Waals surface area contributed by atoms with Gasteiger partial charge in [-0.25, -0.2) is 4.98 Å². The number of anilines is 1. The predicted molar refractivity (Wildman–Crippen MR) is 55.7 cm³/mol. The van der Waals surface area contributed by atoms with Crippen molar-refractivity contribution in [2.24, 2.45) is 5.73 Å². The van der Waals surface area contributed by atoms with Gasteiger partial charge in [0.05, 0.1) is 0 Å². The molecule has 3 nitrogen and oxygen atoms in total. The lowest BCUT2D eigenvalue weighted by Gasteiger charge is -2.12. The number of nitrogens with two attached hydrogens (primary N) is 1. The van der Waals surface area contributed by atoms with Crippen LogP contribution in [-0.2, 0) is 0 Å². The molecule has 0 aliphatic rings. The number of aromatic nitrogens is 1. The Morgan fingerprint density at radius 2 is 2.31 bits per heavy atom. The van der Waals surface area contributed by atoms with Gasteiger partial charge in [0.25, 0.3) is 0 Å². The van der Waals surface area contributed by atoms with Gasteiger partial charge in [-0.05, 0) is 30.5 Å². The Kier molecular flexibility index (Phi) is 3.25. The van der Waals surface area contributed by atoms with Gasteiger partial charge < -0.3 is 11.1 Å². The molecule has 0 aliphatic carbocycles. The average molecular weight is 179 g/mol. The Morgan fingerprint density at radius 3 is 2.77 bits per heavy atom. The second-order valence-corrected chi connectivity index (χ2v) is 3.19. The minimum Gasteiger partial charge on any atom is -0.373 e. The van der Waals surface area contributed by atoms with Crippen molar-refractivity contribution < 1.29 is 0 Å². The zero-order valence-corrected chi connectivity index (χ0v) is 8.46. The molecule has 1 heterocycles. The highest BCUT2D eigenvalue weighted by molar-refractivity contribution is 5.40. The van der Waals surface area contributed by atoms with Crippen LogP contribution in [0.2, 0.25) is 0 Å². The molecule has 0 amide bonds. The summed E-state index contributed by atoms with van der Waals surface area (Å²) in [6.45, 7) is 4.14. The summed E-state index contributed by atoms with van der Waals surface area (Å²) in [4.78, 5) is 4.24. The quantitative estimate of drug-likeness (QED) is 0.744. The zero-order chi connectivity index (χ0) is 9.84. The van der Waals surface area contributed by atoms with Crippen LogP contribution in [0.5, 0.6) is 0 Å². The molecule has 1 unspecified atom stereocenters. The SMILES string of the molecule is CCC(N)c1cnc(NC)cc1C. The van der Waals surface area contributed by atoms with Crippen LogP contribution in [0.25, 0.3) is 0 Å². The molecule has 72 valence electrons. The van der Waals surface area contributed by atoms with Crippen LogP contribution in [-0.4, -0.2) is 12.0 Å². The summed E-state index contributed by atoms with van der Waals surface area (Å²) in [5.74, 6) is 0.893. The van der Waals surface area contributed by atoms with E-state index in [2.05, 4.69) is 24.1 Å². The van der Waals surface area contributed by atoms with Crippen LogP contribution >= 0.6 is 0 Å². The van der Waals surface area contributed by atoms with Gasteiger partial charge in [-0.3, -0.25) is 0 Å². The van der Waals surface area contributed by atoms with E-state index in [0.29, 0.717) is 0 Å². The van der Waals surface area contributed by atoms with Crippen LogP contribution < -0.4 is 11.1 Å². The molecule has 3 heteroatoms. The Balaban J connectivity index is 2.98. The lowest BCUT2D eigenvalue weighted by atomic mass is 10.0. The third kappa shape index (κ3) is 2.18. The van der Waals surface area contributed by atoms with E-state index in [9.17, 15) is 0 Å². The fourth-order valence-electron chi connectivity index (χ4n) is 1.31. The summed E-state index contributed by atoms with van der Waals surface area (Å²) in [6.07, 6.45) is 2.80. The van der Waals surface area contributed by atoms with Gasteiger partial charge in [0.15, 0.2) is 0 Å². The molecule has 13 heavy (non-hydrogen) atoms. The third-order valence-electron chi connectivity index (χ3n) is 2.25. The van der Waals surface area contributed by atoms with E-state index in [0.717, 1.165) is 17.8 Å². The molecule has 0 saturated carbocycles. The molecule has 1 aromatic rings. The largest absolute Gasteiger partial charge is 0.373 e. The number of nitrogens with zero attached hydrogens (tertiary/aromatic N) is 1. The van der Waals surface area contributed by atoms with Crippen LogP contribution in [0.4, 0.5) is 5.82 Å². The number of rotatable bonds is 3. The molecular formula is C10H17N3. The first kappa shape index (κ1) is 9.99. The number of pyridine rings is 1. The molecule has 0 spiro atoms. The van der Waals surface area contributed by atoms with Gasteiger partial charge in [-0.15, -0.1) is 0 Å². The topological polar surface area (TPSA) is 50.9 Å². The summed E-state index contributed by atoms with van der Waals surface area (Å²) in [5.41, 5.74) is 8.27. The fraction of sp³-hybridized carbons (Fsp3) is 0.500. The van der Waals surface area contributed by atoms with Crippen molar-refractivity contribution >= 4 is 5.82 Å². The van der Waals surface area contributed by atoms with Crippen molar-refractivity contribution in [1.29, 1.82) is 0 Å². The van der Waals surface area contributed by atoms with E-state index >= 15 is 0 Å². The van der Waals surface area contributed by atoms with E-state index < -0.39 is 0 Å². The van der Waals surface area contributed by atoms with E-state index in [4.69, 9.17) is 5.73 Å². The summed E-state index contributed by atoms with van der Waals surface area (Å²) >= 11 is 0. The molecule has 0 aliphatic heterocycles. The zero-order valence-electron chi connectivity index (χ0n) is 8.46. The minimum atomic E-state index is 0.110. The molecule has 1 rings (SSSR count). The maximum absolute atomic E-state index is 5.93. The van der Waals surface area contributed by atoms with Gasteiger partial charge >= 0.3 is 0 Å². The first-order chi connectivity index (χ1) is 6.19. The molecule has 0 bridgehead atoms. The van der Waals surface area contributed by atoms with Crippen molar-refractivity contribution in [3.05, 3.63) is 23.4 Å². The van der Waals surface area contributed by atoms with Crippen molar-refractivity contribution in [2.45, 2.75) is 26.3 Å². The second-order valence-electron chi connectivity index (χ2n) is 3.19. The lowest BCUT2D eigenvalue weighted by molar-refractivity contribution is 0.690. The van der Waals surface area contributed by atoms with Gasteiger partial charge in [0.2, 0.25) is 0 Å². The molecule has 0 fully saturated rings. The van der Waals surface area contributed by atoms with Crippen LogP contribution in [0.3, 0.4) is 0 Å². The van der Waals surface area contributed by atoms with Gasteiger partial charge in [0, 0.05) is 19.3 Å². The van der Waals surface area contributed by atoms with Crippen LogP contribution in [0.1, 0.15) is 30.5 Å². The van der Waals surface area contributed by atoms with E-state index in [1.165, 1.54) is 5.56 Å². The van der Waals surface area contributed by atoms with Crippen molar-refractivity contribution in [3.8, 4) is 0 Å². The third-order valence-corrected chi connectivity index (χ3v) is 2.25. The summed E-state index contributed by atoms with van der Waals surface area (Å²) in [5, 5.41) is 3.00. The highest BCUT2D eigenvalue weighted by atomic mass is 14.9. The van der Waals surface area contributed by atoms with Crippen molar-refractivity contribution in [2.75, 3.05) is 12.4 Å². The Morgan fingerprint density at radius 1 is 1.62 bits per heavy atom. The van der Waals surface area contributed by atoms with E-state index in [1.54, 1.807) is 0 Å². The summed E-state index contributed by atoms with van der Waals surface area (Å²) in [6, 6.07) is 2.13. The second kappa shape index (κ2) is 4.23. The normalized spacial score (nSPS) is 12.6. The first-order valence-electron chi connectivity index (χ1n) is 4.59. The predicted octanol–water partition coefficient (Wildman–Crippen LogP) is 1.84. The minimum absolute atomic E-state index is 0.110. The van der Waals surface area contributed by atoms with Gasteiger partial charge in [0.1, 0.15) is 5.82 Å². The van der Waals surface area contributed by atoms with E-state index in [1.807, 2.05) is 19.3 Å². The lowest BCUT2D eigenvalue weighted by Crippen LogP contribution is -2.11. The highest BCUT2D eigenvalue weighted by Crippen LogP contribution is 2.19. The number of aryl methyl sites for hydroxylation is 1. The Hall–Kier alpha value is -1.09. The summed E-state index contributed by atoms with van der Waals surface area (Å²) < 4.78 is 0. The van der Waals surface area contributed by atoms with Crippen molar-refractivity contribution in [1.82, 2.24) is 4.98 Å². The molecule has 3 N–H and O–H groups in total. The molecule has 0 saturated heterocycles. The van der Waals surface area contributed by atoms with E-state index in [-0.39, 0.29) is 6.04 Å². The Labute approximate surface area is 79.4 Å². The molecule has 1 atom stereocenters. The van der Waals surface area contributed by atoms with Gasteiger partial charge in [-0.2, -0.15) is 0 Å². The monoisotopic (exact) mass is 179 g/mol. The van der Waals surface area contributed by atoms with Crippen molar-refractivity contribution in [3.63, 3.8) is 0 Å². The Bertz CT molecular complexity index is 283. The molecule has 1 aromatic heterocycles. The molecule has 0 radical (unpaired) electrons. The summed E-state index contributed by atoms with van der Waals surface area (Å²) in [7, 11) is 1.86. The highest BCUT2D eigenvalue weighted by Gasteiger charge is 2.07.